The van der Waals surface area contributed by atoms with Gasteiger partial charge in [0.2, 0.25) is 0 Å². The van der Waals surface area contributed by atoms with Crippen molar-refractivity contribution in [1.29, 1.82) is 0 Å². The van der Waals surface area contributed by atoms with Gasteiger partial charge in [-0.3, -0.25) is 4.99 Å². The molecule has 0 saturated heterocycles. The predicted molar refractivity (Wildman–Crippen MR) is 46.5 cm³/mol. The molecule has 0 saturated carbocycles. The third-order valence-corrected chi connectivity index (χ3v) is 1.75. The van der Waals surface area contributed by atoms with Crippen molar-refractivity contribution in [1.82, 2.24) is 5.32 Å². The zero-order chi connectivity index (χ0) is 8.20. The fourth-order valence-corrected chi connectivity index (χ4v) is 0.436. The van der Waals surface area contributed by atoms with Crippen molar-refractivity contribution in [2.45, 2.75) is 33.7 Å². The summed E-state index contributed by atoms with van der Waals surface area (Å²) in [6.07, 6.45) is 1.75. The lowest BCUT2D eigenvalue weighted by Crippen LogP contribution is -2.36. The van der Waals surface area contributed by atoms with Gasteiger partial charge in [-0.15, -0.1) is 0 Å². The molecule has 0 aliphatic heterocycles. The minimum atomic E-state index is 0.307. The summed E-state index contributed by atoms with van der Waals surface area (Å²) in [6.45, 7) is 8.76. The first-order valence-corrected chi connectivity index (χ1v) is 3.65. The van der Waals surface area contributed by atoms with E-state index in [-0.39, 0.29) is 0 Å². The van der Waals surface area contributed by atoms with Crippen LogP contribution in [0.3, 0.4) is 0 Å². The van der Waals surface area contributed by atoms with E-state index >= 15 is 0 Å². The molecule has 0 spiro atoms. The second-order valence-corrected chi connectivity index (χ2v) is 3.64. The molecule has 0 heterocycles. The molecule has 0 radical (unpaired) electrons. The highest BCUT2D eigenvalue weighted by molar-refractivity contribution is 5.54. The van der Waals surface area contributed by atoms with Crippen molar-refractivity contribution >= 4 is 6.34 Å². The average molecular weight is 142 g/mol. The summed E-state index contributed by atoms with van der Waals surface area (Å²) in [5.41, 5.74) is 0.307. The van der Waals surface area contributed by atoms with Crippen LogP contribution in [-0.2, 0) is 0 Å². The van der Waals surface area contributed by atoms with Crippen LogP contribution in [0.4, 0.5) is 0 Å². The molecule has 1 N–H and O–H groups in total. The van der Waals surface area contributed by atoms with Crippen molar-refractivity contribution in [3.8, 4) is 0 Å². The Hall–Kier alpha value is -0.530. The van der Waals surface area contributed by atoms with Crippen LogP contribution in [0.2, 0.25) is 0 Å². The normalized spacial score (nSPS) is 15.7. The zero-order valence-electron chi connectivity index (χ0n) is 7.60. The molecule has 0 aliphatic carbocycles. The number of hydrogen-bond acceptors (Lipinski definition) is 1. The molecule has 1 unspecified atom stereocenters. The predicted octanol–water partition coefficient (Wildman–Crippen LogP) is 1.67. The number of nitrogens with zero attached hydrogens (tertiary/aromatic N) is 1. The molecule has 0 aromatic carbocycles. The van der Waals surface area contributed by atoms with E-state index < -0.39 is 0 Å². The van der Waals surface area contributed by atoms with Crippen molar-refractivity contribution in [3.05, 3.63) is 0 Å². The van der Waals surface area contributed by atoms with Crippen molar-refractivity contribution in [2.75, 3.05) is 7.05 Å². The average Bonchev–Trinajstić information content (AvgIpc) is 1.80. The molecule has 0 aliphatic rings. The number of nitrogens with one attached hydrogen (secondary N) is 1. The van der Waals surface area contributed by atoms with Crippen molar-refractivity contribution in [2.24, 2.45) is 10.4 Å². The fourth-order valence-electron chi connectivity index (χ4n) is 0.436. The Labute approximate surface area is 63.7 Å². The smallest absolute Gasteiger partial charge is 0.0822 e. The lowest BCUT2D eigenvalue weighted by molar-refractivity contribution is 0.318. The Morgan fingerprint density at radius 3 is 2.20 bits per heavy atom. The Morgan fingerprint density at radius 2 is 1.90 bits per heavy atom. The topological polar surface area (TPSA) is 24.4 Å². The minimum absolute atomic E-state index is 0.307. The summed E-state index contributed by atoms with van der Waals surface area (Å²) < 4.78 is 0. The Morgan fingerprint density at radius 1 is 1.40 bits per heavy atom. The maximum atomic E-state index is 3.85. The first-order valence-electron chi connectivity index (χ1n) is 3.65. The highest BCUT2D eigenvalue weighted by atomic mass is 15.0. The third kappa shape index (κ3) is 3.49. The highest BCUT2D eigenvalue weighted by Crippen LogP contribution is 2.17. The second kappa shape index (κ2) is 3.59. The van der Waals surface area contributed by atoms with E-state index in [1.165, 1.54) is 0 Å². The standard InChI is InChI=1S/C8H18N2/c1-7(8(2,3)4)10-6-9-5/h6-7H,1-5H3,(H,9,10). The summed E-state index contributed by atoms with van der Waals surface area (Å²) in [5.74, 6) is 0. The lowest BCUT2D eigenvalue weighted by atomic mass is 9.88. The second-order valence-electron chi connectivity index (χ2n) is 3.64. The summed E-state index contributed by atoms with van der Waals surface area (Å²) in [5, 5.41) is 3.18. The summed E-state index contributed by atoms with van der Waals surface area (Å²) in [4.78, 5) is 3.85. The van der Waals surface area contributed by atoms with Crippen molar-refractivity contribution in [3.63, 3.8) is 0 Å². The fraction of sp³-hybridized carbons (Fsp3) is 0.875. The van der Waals surface area contributed by atoms with Crippen LogP contribution in [0.25, 0.3) is 0 Å². The van der Waals surface area contributed by atoms with Crippen LogP contribution < -0.4 is 5.32 Å². The lowest BCUT2D eigenvalue weighted by Gasteiger charge is -2.26. The molecule has 1 atom stereocenters. The van der Waals surface area contributed by atoms with Gasteiger partial charge in [0.05, 0.1) is 6.34 Å². The molecule has 2 heteroatoms. The van der Waals surface area contributed by atoms with E-state index in [4.69, 9.17) is 0 Å². The molecule has 0 aromatic rings. The number of rotatable bonds is 2. The molecular weight excluding hydrogens is 124 g/mol. The van der Waals surface area contributed by atoms with Crippen LogP contribution in [0.1, 0.15) is 27.7 Å². The molecule has 0 rings (SSSR count). The third-order valence-electron chi connectivity index (χ3n) is 1.75. The maximum absolute atomic E-state index is 3.85. The van der Waals surface area contributed by atoms with E-state index in [9.17, 15) is 0 Å². The Bertz CT molecular complexity index is 111. The van der Waals surface area contributed by atoms with Gasteiger partial charge in [0.25, 0.3) is 0 Å². The zero-order valence-corrected chi connectivity index (χ0v) is 7.60. The molecule has 10 heavy (non-hydrogen) atoms. The summed E-state index contributed by atoms with van der Waals surface area (Å²) in [6, 6.07) is 0.469. The monoisotopic (exact) mass is 142 g/mol. The van der Waals surface area contributed by atoms with Crippen LogP contribution in [-0.4, -0.2) is 19.4 Å². The van der Waals surface area contributed by atoms with Crippen LogP contribution in [0, 0.1) is 5.41 Å². The van der Waals surface area contributed by atoms with Gasteiger partial charge in [-0.2, -0.15) is 0 Å². The molecule has 2 nitrogen and oxygen atoms in total. The Kier molecular flexibility index (Phi) is 3.40. The molecular formula is C8H18N2. The number of aliphatic imine (C=N–C) groups is 1. The van der Waals surface area contributed by atoms with Gasteiger partial charge in [0.15, 0.2) is 0 Å². The van der Waals surface area contributed by atoms with E-state index in [0.29, 0.717) is 11.5 Å². The molecule has 0 bridgehead atoms. The number of hydrogen-bond donors (Lipinski definition) is 1. The molecule has 0 fully saturated rings. The molecule has 60 valence electrons. The summed E-state index contributed by atoms with van der Waals surface area (Å²) >= 11 is 0. The van der Waals surface area contributed by atoms with Gasteiger partial charge in [0.1, 0.15) is 0 Å². The SMILES string of the molecule is CN=CNC(C)C(C)(C)C. The van der Waals surface area contributed by atoms with Gasteiger partial charge in [-0.05, 0) is 12.3 Å². The first-order chi connectivity index (χ1) is 4.48. The van der Waals surface area contributed by atoms with Crippen LogP contribution in [0.15, 0.2) is 4.99 Å². The van der Waals surface area contributed by atoms with E-state index in [1.54, 1.807) is 13.4 Å². The van der Waals surface area contributed by atoms with Crippen molar-refractivity contribution < 1.29 is 0 Å². The van der Waals surface area contributed by atoms with Crippen LogP contribution in [0.5, 0.6) is 0 Å². The summed E-state index contributed by atoms with van der Waals surface area (Å²) in [7, 11) is 1.77. The Balaban J connectivity index is 3.73. The van der Waals surface area contributed by atoms with Gasteiger partial charge >= 0.3 is 0 Å². The largest absolute Gasteiger partial charge is 0.373 e. The minimum Gasteiger partial charge on any atom is -0.373 e. The maximum Gasteiger partial charge on any atom is 0.0822 e. The van der Waals surface area contributed by atoms with Gasteiger partial charge in [-0.25, -0.2) is 0 Å². The van der Waals surface area contributed by atoms with E-state index in [1.807, 2.05) is 0 Å². The van der Waals surface area contributed by atoms with Gasteiger partial charge in [-0.1, -0.05) is 20.8 Å². The van der Waals surface area contributed by atoms with E-state index in [2.05, 4.69) is 38.0 Å². The van der Waals surface area contributed by atoms with Gasteiger partial charge < -0.3 is 5.32 Å². The van der Waals surface area contributed by atoms with Crippen LogP contribution >= 0.6 is 0 Å². The first kappa shape index (κ1) is 9.47. The van der Waals surface area contributed by atoms with E-state index in [0.717, 1.165) is 0 Å². The quantitative estimate of drug-likeness (QED) is 0.460. The van der Waals surface area contributed by atoms with Gasteiger partial charge in [0, 0.05) is 13.1 Å². The molecule has 0 amide bonds. The highest BCUT2D eigenvalue weighted by Gasteiger charge is 2.17. The molecule has 0 aromatic heterocycles.